The molecule has 5 nitrogen and oxygen atoms in total. The first kappa shape index (κ1) is 17.1. The Morgan fingerprint density at radius 3 is 2.56 bits per heavy atom. The number of benzene rings is 2. The van der Waals surface area contributed by atoms with E-state index in [2.05, 4.69) is 10.5 Å². The summed E-state index contributed by atoms with van der Waals surface area (Å²) in [6.07, 6.45) is 1.51. The Bertz CT molecular complexity index is 934. The van der Waals surface area contributed by atoms with Crippen molar-refractivity contribution in [2.75, 3.05) is 5.43 Å². The van der Waals surface area contributed by atoms with Crippen molar-refractivity contribution >= 4 is 41.1 Å². The lowest BCUT2D eigenvalue weighted by molar-refractivity contribution is 0.0697. The molecule has 0 radical (unpaired) electrons. The Balaban J connectivity index is 1.69. The summed E-state index contributed by atoms with van der Waals surface area (Å²) < 4.78 is 5.68. The minimum atomic E-state index is -0.974. The van der Waals surface area contributed by atoms with E-state index in [0.717, 1.165) is 0 Å². The first-order valence-corrected chi connectivity index (χ1v) is 7.96. The lowest BCUT2D eigenvalue weighted by Gasteiger charge is -2.01. The normalized spacial score (nSPS) is 11.0. The largest absolute Gasteiger partial charge is 0.478 e. The molecule has 0 saturated heterocycles. The SMILES string of the molecule is O=C(O)c1ccc(N/N=C/c2ccc(-c3cc(Cl)ccc3Cl)o2)cc1. The number of nitrogens with zero attached hydrogens (tertiary/aromatic N) is 1. The van der Waals surface area contributed by atoms with Crippen LogP contribution in [0.1, 0.15) is 16.1 Å². The second-order valence-electron chi connectivity index (χ2n) is 5.08. The van der Waals surface area contributed by atoms with Crippen molar-refractivity contribution in [2.45, 2.75) is 0 Å². The molecular formula is C18H12Cl2N2O3. The molecule has 2 N–H and O–H groups in total. The second kappa shape index (κ2) is 7.42. The Labute approximate surface area is 153 Å². The zero-order valence-electron chi connectivity index (χ0n) is 12.7. The predicted octanol–water partition coefficient (Wildman–Crippen LogP) is 5.40. The topological polar surface area (TPSA) is 74.8 Å². The quantitative estimate of drug-likeness (QED) is 0.463. The maximum atomic E-state index is 10.8. The number of nitrogens with one attached hydrogen (secondary N) is 1. The van der Waals surface area contributed by atoms with E-state index in [1.54, 1.807) is 42.5 Å². The van der Waals surface area contributed by atoms with Gasteiger partial charge in [0.05, 0.1) is 22.5 Å². The van der Waals surface area contributed by atoms with Crippen LogP contribution in [0.3, 0.4) is 0 Å². The van der Waals surface area contributed by atoms with Crippen LogP contribution < -0.4 is 5.43 Å². The molecule has 0 aliphatic carbocycles. The van der Waals surface area contributed by atoms with E-state index >= 15 is 0 Å². The van der Waals surface area contributed by atoms with E-state index in [1.165, 1.54) is 18.3 Å². The Kier molecular flexibility index (Phi) is 5.07. The number of hydrazone groups is 1. The number of carboxylic acid groups (broad SMARTS) is 1. The molecule has 0 aliphatic heterocycles. The minimum absolute atomic E-state index is 0.212. The third kappa shape index (κ3) is 4.21. The van der Waals surface area contributed by atoms with E-state index in [0.29, 0.717) is 32.8 Å². The average molecular weight is 375 g/mol. The van der Waals surface area contributed by atoms with Crippen LogP contribution >= 0.6 is 23.2 Å². The van der Waals surface area contributed by atoms with Crippen LogP contribution in [-0.2, 0) is 0 Å². The molecule has 25 heavy (non-hydrogen) atoms. The van der Waals surface area contributed by atoms with Crippen LogP contribution in [0.2, 0.25) is 10.0 Å². The van der Waals surface area contributed by atoms with Crippen LogP contribution in [0.25, 0.3) is 11.3 Å². The molecule has 0 aliphatic rings. The molecule has 0 fully saturated rings. The highest BCUT2D eigenvalue weighted by Gasteiger charge is 2.08. The van der Waals surface area contributed by atoms with Crippen molar-refractivity contribution in [3.05, 3.63) is 76.0 Å². The Morgan fingerprint density at radius 1 is 1.08 bits per heavy atom. The van der Waals surface area contributed by atoms with Crippen molar-refractivity contribution in [1.29, 1.82) is 0 Å². The summed E-state index contributed by atoms with van der Waals surface area (Å²) in [6, 6.07) is 14.9. The van der Waals surface area contributed by atoms with Crippen molar-refractivity contribution in [3.63, 3.8) is 0 Å². The monoisotopic (exact) mass is 374 g/mol. The molecule has 3 aromatic rings. The van der Waals surface area contributed by atoms with Gasteiger partial charge in [-0.25, -0.2) is 4.79 Å². The van der Waals surface area contributed by atoms with Crippen molar-refractivity contribution in [1.82, 2.24) is 0 Å². The zero-order valence-corrected chi connectivity index (χ0v) is 14.3. The van der Waals surface area contributed by atoms with Gasteiger partial charge in [-0.1, -0.05) is 23.2 Å². The highest BCUT2D eigenvalue weighted by atomic mass is 35.5. The van der Waals surface area contributed by atoms with Gasteiger partial charge in [-0.2, -0.15) is 5.10 Å². The zero-order chi connectivity index (χ0) is 17.8. The molecule has 0 spiro atoms. The maximum absolute atomic E-state index is 10.8. The van der Waals surface area contributed by atoms with Gasteiger partial charge in [0.15, 0.2) is 0 Å². The van der Waals surface area contributed by atoms with Crippen LogP contribution in [0.15, 0.2) is 64.1 Å². The molecule has 126 valence electrons. The van der Waals surface area contributed by atoms with Gasteiger partial charge in [0.1, 0.15) is 11.5 Å². The highest BCUT2D eigenvalue weighted by Crippen LogP contribution is 2.31. The highest BCUT2D eigenvalue weighted by molar-refractivity contribution is 6.35. The number of anilines is 1. The van der Waals surface area contributed by atoms with Gasteiger partial charge in [-0.05, 0) is 54.6 Å². The third-order valence-corrected chi connectivity index (χ3v) is 3.90. The Hall–Kier alpha value is -2.76. The van der Waals surface area contributed by atoms with Gasteiger partial charge in [0.2, 0.25) is 0 Å². The fourth-order valence-corrected chi connectivity index (χ4v) is 2.49. The standard InChI is InChI=1S/C18H12Cl2N2O3/c19-12-3-7-16(20)15(9-12)17-8-6-14(25-17)10-21-22-13-4-1-11(2-5-13)18(23)24/h1-10,22H,(H,23,24)/b21-10+. The maximum Gasteiger partial charge on any atom is 0.335 e. The molecular weight excluding hydrogens is 363 g/mol. The van der Waals surface area contributed by atoms with Crippen molar-refractivity contribution in [3.8, 4) is 11.3 Å². The second-order valence-corrected chi connectivity index (χ2v) is 5.92. The van der Waals surface area contributed by atoms with Gasteiger partial charge in [0.25, 0.3) is 0 Å². The smallest absolute Gasteiger partial charge is 0.335 e. The number of aromatic carboxylic acids is 1. The number of hydrogen-bond donors (Lipinski definition) is 2. The summed E-state index contributed by atoms with van der Waals surface area (Å²) in [4.78, 5) is 10.8. The van der Waals surface area contributed by atoms with E-state index < -0.39 is 5.97 Å². The van der Waals surface area contributed by atoms with Gasteiger partial charge in [-0.15, -0.1) is 0 Å². The van der Waals surface area contributed by atoms with Crippen LogP contribution in [0.5, 0.6) is 0 Å². The average Bonchev–Trinajstić information content (AvgIpc) is 3.06. The fourth-order valence-electron chi connectivity index (χ4n) is 2.11. The molecule has 2 aromatic carbocycles. The number of hydrogen-bond acceptors (Lipinski definition) is 4. The van der Waals surface area contributed by atoms with Crippen LogP contribution in [0.4, 0.5) is 5.69 Å². The first-order chi connectivity index (χ1) is 12.0. The van der Waals surface area contributed by atoms with Crippen molar-refractivity contribution in [2.24, 2.45) is 5.10 Å². The van der Waals surface area contributed by atoms with Gasteiger partial charge >= 0.3 is 5.97 Å². The molecule has 0 bridgehead atoms. The molecule has 1 aromatic heterocycles. The molecule has 7 heteroatoms. The number of carbonyl (C=O) groups is 1. The van der Waals surface area contributed by atoms with E-state index in [-0.39, 0.29) is 5.56 Å². The minimum Gasteiger partial charge on any atom is -0.478 e. The van der Waals surface area contributed by atoms with E-state index in [1.807, 2.05) is 0 Å². The number of furan rings is 1. The first-order valence-electron chi connectivity index (χ1n) is 7.20. The lowest BCUT2D eigenvalue weighted by atomic mass is 10.2. The molecule has 0 unspecified atom stereocenters. The molecule has 0 atom stereocenters. The Morgan fingerprint density at radius 2 is 1.84 bits per heavy atom. The van der Waals surface area contributed by atoms with Crippen molar-refractivity contribution < 1.29 is 14.3 Å². The molecule has 0 amide bonds. The van der Waals surface area contributed by atoms with E-state index in [9.17, 15) is 4.79 Å². The molecule has 3 rings (SSSR count). The summed E-state index contributed by atoms with van der Waals surface area (Å²) >= 11 is 12.1. The lowest BCUT2D eigenvalue weighted by Crippen LogP contribution is -1.96. The van der Waals surface area contributed by atoms with Crippen LogP contribution in [-0.4, -0.2) is 17.3 Å². The molecule has 1 heterocycles. The summed E-state index contributed by atoms with van der Waals surface area (Å²) in [7, 11) is 0. The fraction of sp³-hybridized carbons (Fsp3) is 0. The summed E-state index contributed by atoms with van der Waals surface area (Å²) in [5, 5.41) is 14.0. The number of carboxylic acids is 1. The van der Waals surface area contributed by atoms with Gasteiger partial charge < -0.3 is 9.52 Å². The summed E-state index contributed by atoms with van der Waals surface area (Å²) in [6.45, 7) is 0. The third-order valence-electron chi connectivity index (χ3n) is 3.34. The van der Waals surface area contributed by atoms with Crippen LogP contribution in [0, 0.1) is 0 Å². The van der Waals surface area contributed by atoms with Gasteiger partial charge in [0, 0.05) is 10.6 Å². The van der Waals surface area contributed by atoms with E-state index in [4.69, 9.17) is 32.7 Å². The predicted molar refractivity (Wildman–Crippen MR) is 98.8 cm³/mol. The summed E-state index contributed by atoms with van der Waals surface area (Å²) in [5.74, 6) is 0.137. The van der Waals surface area contributed by atoms with Gasteiger partial charge in [-0.3, -0.25) is 5.43 Å². The number of rotatable bonds is 5. The summed E-state index contributed by atoms with van der Waals surface area (Å²) in [5.41, 5.74) is 4.37. The molecule has 0 saturated carbocycles. The number of halogens is 2.